The number of carbonyl (C=O) groups is 1. The second-order valence-electron chi connectivity index (χ2n) is 7.21. The zero-order valence-electron chi connectivity index (χ0n) is 15.4. The number of benzene rings is 1. The Hall–Kier alpha value is -2.61. The first kappa shape index (κ1) is 17.8. The second kappa shape index (κ2) is 7.56. The highest BCUT2D eigenvalue weighted by Crippen LogP contribution is 2.31. The lowest BCUT2D eigenvalue weighted by molar-refractivity contribution is -0.119. The Morgan fingerprint density at radius 3 is 2.85 bits per heavy atom. The number of aromatic hydroxyl groups is 1. The number of methoxy groups -OCH3 is 1. The van der Waals surface area contributed by atoms with Gasteiger partial charge in [-0.25, -0.2) is 0 Å². The van der Waals surface area contributed by atoms with E-state index in [9.17, 15) is 9.90 Å². The molecule has 0 aliphatic carbocycles. The van der Waals surface area contributed by atoms with E-state index in [1.165, 1.54) is 0 Å². The predicted molar refractivity (Wildman–Crippen MR) is 96.3 cm³/mol. The fraction of sp³-hybridized carbons (Fsp3) is 0.526. The fourth-order valence-electron chi connectivity index (χ4n) is 3.78. The topological polar surface area (TPSA) is 101 Å². The van der Waals surface area contributed by atoms with Crippen LogP contribution in [0.5, 0.6) is 11.5 Å². The molecule has 1 aromatic heterocycles. The number of ether oxygens (including phenoxy) is 1. The maximum atomic E-state index is 11.4. The molecule has 27 heavy (non-hydrogen) atoms. The number of nitrogens with zero attached hydrogens (tertiary/aromatic N) is 3. The van der Waals surface area contributed by atoms with Gasteiger partial charge in [-0.05, 0) is 50.0 Å². The molecule has 2 fully saturated rings. The molecule has 0 bridgehead atoms. The third-order valence-corrected chi connectivity index (χ3v) is 5.35. The van der Waals surface area contributed by atoms with Gasteiger partial charge in [-0.2, -0.15) is 4.98 Å². The number of carbonyl (C=O) groups excluding carboxylic acids is 1. The van der Waals surface area contributed by atoms with Crippen LogP contribution in [0.4, 0.5) is 0 Å². The van der Waals surface area contributed by atoms with Crippen LogP contribution in [0, 0.1) is 0 Å². The number of hydrogen-bond donors (Lipinski definition) is 2. The number of amides is 1. The van der Waals surface area contributed by atoms with Gasteiger partial charge in [0.05, 0.1) is 7.11 Å². The molecule has 0 saturated carbocycles. The lowest BCUT2D eigenvalue weighted by atomic mass is 9.96. The van der Waals surface area contributed by atoms with Gasteiger partial charge in [0.25, 0.3) is 0 Å². The van der Waals surface area contributed by atoms with Crippen LogP contribution in [0.25, 0.3) is 0 Å². The Morgan fingerprint density at radius 2 is 2.15 bits per heavy atom. The molecule has 2 N–H and O–H groups in total. The van der Waals surface area contributed by atoms with Crippen LogP contribution >= 0.6 is 0 Å². The zero-order chi connectivity index (χ0) is 18.8. The van der Waals surface area contributed by atoms with E-state index >= 15 is 0 Å². The molecule has 8 nitrogen and oxygen atoms in total. The molecular formula is C19H24N4O4. The third kappa shape index (κ3) is 3.90. The fourth-order valence-corrected chi connectivity index (χ4v) is 3.78. The van der Waals surface area contributed by atoms with Crippen molar-refractivity contribution in [2.75, 3.05) is 20.2 Å². The van der Waals surface area contributed by atoms with Crippen molar-refractivity contribution in [3.63, 3.8) is 0 Å². The van der Waals surface area contributed by atoms with E-state index in [1.807, 2.05) is 12.1 Å². The van der Waals surface area contributed by atoms with E-state index in [4.69, 9.17) is 9.26 Å². The largest absolute Gasteiger partial charge is 0.504 e. The minimum absolute atomic E-state index is 0.0407. The van der Waals surface area contributed by atoms with Crippen LogP contribution in [-0.4, -0.2) is 46.3 Å². The van der Waals surface area contributed by atoms with Gasteiger partial charge in [-0.3, -0.25) is 9.69 Å². The lowest BCUT2D eigenvalue weighted by Crippen LogP contribution is -2.32. The highest BCUT2D eigenvalue weighted by molar-refractivity contribution is 5.78. The average molecular weight is 372 g/mol. The first-order valence-electron chi connectivity index (χ1n) is 9.33. The number of likely N-dealkylation sites (tertiary alicyclic amines) is 1. The summed E-state index contributed by atoms with van der Waals surface area (Å²) in [5.74, 6) is 2.25. The minimum atomic E-state index is -0.136. The number of phenols is 1. The van der Waals surface area contributed by atoms with Crippen LogP contribution in [-0.2, 0) is 11.3 Å². The molecule has 0 radical (unpaired) electrons. The van der Waals surface area contributed by atoms with E-state index in [1.54, 1.807) is 13.2 Å². The van der Waals surface area contributed by atoms with Gasteiger partial charge in [-0.15, -0.1) is 0 Å². The third-order valence-electron chi connectivity index (χ3n) is 5.35. The van der Waals surface area contributed by atoms with E-state index < -0.39 is 0 Å². The Labute approximate surface area is 157 Å². The van der Waals surface area contributed by atoms with Gasteiger partial charge in [0.1, 0.15) is 6.04 Å². The Balaban J connectivity index is 1.32. The van der Waals surface area contributed by atoms with Gasteiger partial charge < -0.3 is 19.7 Å². The number of hydrogen-bond acceptors (Lipinski definition) is 7. The molecule has 2 saturated heterocycles. The van der Waals surface area contributed by atoms with Crippen molar-refractivity contribution in [2.24, 2.45) is 0 Å². The number of phenolic OH excluding ortho intramolecular Hbond substituents is 1. The van der Waals surface area contributed by atoms with Crippen molar-refractivity contribution in [3.05, 3.63) is 35.5 Å². The van der Waals surface area contributed by atoms with Crippen molar-refractivity contribution >= 4 is 5.91 Å². The van der Waals surface area contributed by atoms with Gasteiger partial charge in [-0.1, -0.05) is 11.2 Å². The SMILES string of the molecule is COc1cc(CN2CCC(c3noc([C@@H]4CCC(=O)N4)n3)CC2)ccc1O. The minimum Gasteiger partial charge on any atom is -0.504 e. The molecular weight excluding hydrogens is 348 g/mol. The van der Waals surface area contributed by atoms with E-state index in [-0.39, 0.29) is 23.6 Å². The summed E-state index contributed by atoms with van der Waals surface area (Å²) in [5.41, 5.74) is 1.11. The summed E-state index contributed by atoms with van der Waals surface area (Å²) in [6.07, 6.45) is 3.16. The van der Waals surface area contributed by atoms with Crippen LogP contribution in [0.15, 0.2) is 22.7 Å². The van der Waals surface area contributed by atoms with Crippen LogP contribution < -0.4 is 10.1 Å². The monoisotopic (exact) mass is 372 g/mol. The first-order chi connectivity index (χ1) is 13.1. The van der Waals surface area contributed by atoms with E-state index in [2.05, 4.69) is 20.4 Å². The van der Waals surface area contributed by atoms with Crippen LogP contribution in [0.2, 0.25) is 0 Å². The molecule has 0 unspecified atom stereocenters. The molecule has 4 rings (SSSR count). The number of aromatic nitrogens is 2. The molecule has 1 amide bonds. The Kier molecular flexibility index (Phi) is 4.98. The van der Waals surface area contributed by atoms with E-state index in [0.717, 1.165) is 50.3 Å². The van der Waals surface area contributed by atoms with Crippen LogP contribution in [0.1, 0.15) is 54.9 Å². The Morgan fingerprint density at radius 1 is 1.33 bits per heavy atom. The van der Waals surface area contributed by atoms with Crippen LogP contribution in [0.3, 0.4) is 0 Å². The van der Waals surface area contributed by atoms with Gasteiger partial charge in [0, 0.05) is 18.9 Å². The standard InChI is InChI=1S/C19H24N4O4/c1-26-16-10-12(2-4-15(16)24)11-23-8-6-13(7-9-23)18-21-19(27-22-18)14-3-5-17(25)20-14/h2,4,10,13-14,24H,3,5-9,11H2,1H3,(H,20,25)/t14-/m0/s1. The molecule has 8 heteroatoms. The normalized spacial score (nSPS) is 21.4. The van der Waals surface area contributed by atoms with Crippen molar-refractivity contribution in [2.45, 2.75) is 44.2 Å². The average Bonchev–Trinajstić information content (AvgIpc) is 3.33. The number of nitrogens with one attached hydrogen (secondary N) is 1. The maximum absolute atomic E-state index is 11.4. The zero-order valence-corrected chi connectivity index (χ0v) is 15.4. The van der Waals surface area contributed by atoms with Gasteiger partial charge in [0.15, 0.2) is 17.3 Å². The van der Waals surface area contributed by atoms with Crippen molar-refractivity contribution < 1.29 is 19.2 Å². The molecule has 144 valence electrons. The Bertz CT molecular complexity index is 814. The summed E-state index contributed by atoms with van der Waals surface area (Å²) in [5, 5.41) is 16.7. The molecule has 0 spiro atoms. The second-order valence-corrected chi connectivity index (χ2v) is 7.21. The summed E-state index contributed by atoms with van der Waals surface area (Å²) in [6, 6.07) is 5.33. The number of piperidine rings is 1. The lowest BCUT2D eigenvalue weighted by Gasteiger charge is -2.30. The van der Waals surface area contributed by atoms with E-state index in [0.29, 0.717) is 18.1 Å². The maximum Gasteiger partial charge on any atom is 0.249 e. The smallest absolute Gasteiger partial charge is 0.249 e. The summed E-state index contributed by atoms with van der Waals surface area (Å²) in [6.45, 7) is 2.70. The van der Waals surface area contributed by atoms with Crippen molar-refractivity contribution in [1.82, 2.24) is 20.4 Å². The van der Waals surface area contributed by atoms with Crippen molar-refractivity contribution in [1.29, 1.82) is 0 Å². The predicted octanol–water partition coefficient (Wildman–Crippen LogP) is 2.11. The van der Waals surface area contributed by atoms with Crippen molar-refractivity contribution in [3.8, 4) is 11.5 Å². The van der Waals surface area contributed by atoms with Gasteiger partial charge in [0.2, 0.25) is 11.8 Å². The summed E-state index contributed by atoms with van der Waals surface area (Å²) in [4.78, 5) is 18.3. The quantitative estimate of drug-likeness (QED) is 0.829. The summed E-state index contributed by atoms with van der Waals surface area (Å²) < 4.78 is 10.6. The first-order valence-corrected chi connectivity index (χ1v) is 9.33. The number of rotatable bonds is 5. The molecule has 2 aromatic rings. The molecule has 3 heterocycles. The highest BCUT2D eigenvalue weighted by Gasteiger charge is 2.30. The molecule has 2 aliphatic rings. The molecule has 1 atom stereocenters. The summed E-state index contributed by atoms with van der Waals surface area (Å²) >= 11 is 0. The van der Waals surface area contributed by atoms with Gasteiger partial charge >= 0.3 is 0 Å². The highest BCUT2D eigenvalue weighted by atomic mass is 16.5. The molecule has 1 aromatic carbocycles. The summed E-state index contributed by atoms with van der Waals surface area (Å²) in [7, 11) is 1.56. The molecule has 2 aliphatic heterocycles.